The van der Waals surface area contributed by atoms with Crippen molar-refractivity contribution in [3.63, 3.8) is 0 Å². The van der Waals surface area contributed by atoms with Crippen molar-refractivity contribution in [2.75, 3.05) is 13.7 Å². The zero-order chi connectivity index (χ0) is 13.7. The molecule has 0 amide bonds. The van der Waals surface area contributed by atoms with Gasteiger partial charge in [-0.2, -0.15) is 0 Å². The first kappa shape index (κ1) is 14.6. The highest BCUT2D eigenvalue weighted by molar-refractivity contribution is 5.18. The second-order valence-electron chi connectivity index (χ2n) is 5.90. The Morgan fingerprint density at radius 3 is 2.74 bits per heavy atom. The molecular formula is C16H27NO2. The van der Waals surface area contributed by atoms with Crippen LogP contribution in [0.4, 0.5) is 0 Å². The molecule has 1 fully saturated rings. The fourth-order valence-electron chi connectivity index (χ4n) is 3.20. The Kier molecular flexibility index (Phi) is 5.06. The largest absolute Gasteiger partial charge is 0.472 e. The summed E-state index contributed by atoms with van der Waals surface area (Å²) in [4.78, 5) is 0. The number of methoxy groups -OCH3 is 1. The molecule has 3 heteroatoms. The second kappa shape index (κ2) is 6.58. The molecule has 1 heterocycles. The van der Waals surface area contributed by atoms with Crippen LogP contribution < -0.4 is 5.32 Å². The van der Waals surface area contributed by atoms with Gasteiger partial charge < -0.3 is 14.5 Å². The number of ether oxygens (including phenoxy) is 1. The van der Waals surface area contributed by atoms with E-state index in [0.717, 1.165) is 31.7 Å². The SMILES string of the molecule is CCCNC(c1ccoc1)C1(OC)CCC(C)CC1. The molecule has 1 aliphatic rings. The summed E-state index contributed by atoms with van der Waals surface area (Å²) >= 11 is 0. The van der Waals surface area contributed by atoms with Gasteiger partial charge >= 0.3 is 0 Å². The number of hydrogen-bond donors (Lipinski definition) is 1. The standard InChI is InChI=1S/C16H27NO2/c1-4-10-17-15(14-7-11-19-12-14)16(18-3)8-5-13(2)6-9-16/h7,11-13,15,17H,4-6,8-10H2,1-3H3. The predicted octanol–water partition coefficient (Wildman–Crippen LogP) is 3.92. The van der Waals surface area contributed by atoms with Gasteiger partial charge in [-0.3, -0.25) is 0 Å². The van der Waals surface area contributed by atoms with Crippen molar-refractivity contribution in [3.8, 4) is 0 Å². The van der Waals surface area contributed by atoms with Crippen LogP contribution in [0.2, 0.25) is 0 Å². The van der Waals surface area contributed by atoms with Crippen LogP contribution in [0.1, 0.15) is 57.6 Å². The molecule has 0 saturated heterocycles. The van der Waals surface area contributed by atoms with Crippen LogP contribution in [-0.2, 0) is 4.74 Å². The minimum Gasteiger partial charge on any atom is -0.472 e. The van der Waals surface area contributed by atoms with Gasteiger partial charge in [-0.15, -0.1) is 0 Å². The topological polar surface area (TPSA) is 34.4 Å². The summed E-state index contributed by atoms with van der Waals surface area (Å²) < 4.78 is 11.3. The summed E-state index contributed by atoms with van der Waals surface area (Å²) in [6.07, 6.45) is 9.47. The molecule has 1 N–H and O–H groups in total. The lowest BCUT2D eigenvalue weighted by Gasteiger charge is -2.44. The fourth-order valence-corrected chi connectivity index (χ4v) is 3.20. The van der Waals surface area contributed by atoms with Crippen LogP contribution in [-0.4, -0.2) is 19.3 Å². The molecule has 1 atom stereocenters. The Morgan fingerprint density at radius 2 is 2.21 bits per heavy atom. The fraction of sp³-hybridized carbons (Fsp3) is 0.750. The molecule has 0 spiro atoms. The lowest BCUT2D eigenvalue weighted by Crippen LogP contribution is -2.48. The summed E-state index contributed by atoms with van der Waals surface area (Å²) in [5.74, 6) is 0.819. The van der Waals surface area contributed by atoms with Crippen LogP contribution in [0.3, 0.4) is 0 Å². The van der Waals surface area contributed by atoms with E-state index in [2.05, 4.69) is 25.2 Å². The van der Waals surface area contributed by atoms with Gasteiger partial charge in [0.15, 0.2) is 0 Å². The van der Waals surface area contributed by atoms with Gasteiger partial charge in [0.1, 0.15) is 0 Å². The van der Waals surface area contributed by atoms with E-state index < -0.39 is 0 Å². The normalized spacial score (nSPS) is 29.3. The third kappa shape index (κ3) is 3.21. The quantitative estimate of drug-likeness (QED) is 0.846. The minimum atomic E-state index is -0.0778. The van der Waals surface area contributed by atoms with Crippen molar-refractivity contribution in [1.29, 1.82) is 0 Å². The Bertz CT molecular complexity index is 353. The maximum Gasteiger partial charge on any atom is 0.0951 e. The van der Waals surface area contributed by atoms with Gasteiger partial charge in [-0.05, 0) is 50.6 Å². The Morgan fingerprint density at radius 1 is 1.47 bits per heavy atom. The van der Waals surface area contributed by atoms with Crippen molar-refractivity contribution >= 4 is 0 Å². The number of furan rings is 1. The summed E-state index contributed by atoms with van der Waals surface area (Å²) in [5, 5.41) is 3.66. The van der Waals surface area contributed by atoms with Crippen LogP contribution in [0, 0.1) is 5.92 Å². The predicted molar refractivity (Wildman–Crippen MR) is 77.1 cm³/mol. The zero-order valence-corrected chi connectivity index (χ0v) is 12.4. The third-order valence-electron chi connectivity index (χ3n) is 4.53. The first-order valence-electron chi connectivity index (χ1n) is 7.52. The number of hydrogen-bond acceptors (Lipinski definition) is 3. The van der Waals surface area contributed by atoms with Crippen molar-refractivity contribution in [1.82, 2.24) is 5.32 Å². The van der Waals surface area contributed by atoms with Crippen LogP contribution in [0.25, 0.3) is 0 Å². The molecule has 19 heavy (non-hydrogen) atoms. The van der Waals surface area contributed by atoms with E-state index in [9.17, 15) is 0 Å². The highest BCUT2D eigenvalue weighted by atomic mass is 16.5. The van der Waals surface area contributed by atoms with E-state index in [4.69, 9.17) is 9.15 Å². The molecule has 2 rings (SSSR count). The van der Waals surface area contributed by atoms with Crippen molar-refractivity contribution < 1.29 is 9.15 Å². The van der Waals surface area contributed by atoms with E-state index in [1.807, 2.05) is 13.4 Å². The molecule has 0 aliphatic heterocycles. The maximum absolute atomic E-state index is 6.01. The molecule has 1 aromatic heterocycles. The smallest absolute Gasteiger partial charge is 0.0951 e. The van der Waals surface area contributed by atoms with Crippen LogP contribution in [0.15, 0.2) is 23.0 Å². The van der Waals surface area contributed by atoms with Gasteiger partial charge in [0.2, 0.25) is 0 Å². The van der Waals surface area contributed by atoms with Crippen molar-refractivity contribution in [2.24, 2.45) is 5.92 Å². The van der Waals surface area contributed by atoms with Gasteiger partial charge in [0, 0.05) is 12.7 Å². The average molecular weight is 265 g/mol. The molecule has 0 radical (unpaired) electrons. The molecule has 1 aliphatic carbocycles. The van der Waals surface area contributed by atoms with E-state index in [1.54, 1.807) is 6.26 Å². The Hall–Kier alpha value is -0.800. The molecule has 1 aromatic rings. The van der Waals surface area contributed by atoms with Gasteiger partial charge in [0.25, 0.3) is 0 Å². The van der Waals surface area contributed by atoms with Crippen LogP contribution >= 0.6 is 0 Å². The zero-order valence-electron chi connectivity index (χ0n) is 12.4. The van der Waals surface area contributed by atoms with E-state index >= 15 is 0 Å². The lowest BCUT2D eigenvalue weighted by atomic mass is 9.73. The van der Waals surface area contributed by atoms with Crippen LogP contribution in [0.5, 0.6) is 0 Å². The molecule has 1 saturated carbocycles. The highest BCUT2D eigenvalue weighted by Crippen LogP contribution is 2.42. The van der Waals surface area contributed by atoms with Gasteiger partial charge in [0.05, 0.1) is 24.2 Å². The molecular weight excluding hydrogens is 238 g/mol. The molecule has 108 valence electrons. The van der Waals surface area contributed by atoms with Crippen molar-refractivity contribution in [2.45, 2.75) is 57.6 Å². The molecule has 3 nitrogen and oxygen atoms in total. The van der Waals surface area contributed by atoms with E-state index in [-0.39, 0.29) is 11.6 Å². The first-order valence-corrected chi connectivity index (χ1v) is 7.52. The Balaban J connectivity index is 2.19. The monoisotopic (exact) mass is 265 g/mol. The molecule has 1 unspecified atom stereocenters. The Labute approximate surface area is 116 Å². The average Bonchev–Trinajstić information content (AvgIpc) is 2.95. The lowest BCUT2D eigenvalue weighted by molar-refractivity contribution is -0.0761. The first-order chi connectivity index (χ1) is 9.22. The number of rotatable bonds is 6. The second-order valence-corrected chi connectivity index (χ2v) is 5.90. The maximum atomic E-state index is 6.01. The summed E-state index contributed by atoms with van der Waals surface area (Å²) in [7, 11) is 1.86. The molecule has 0 aromatic carbocycles. The highest BCUT2D eigenvalue weighted by Gasteiger charge is 2.42. The summed E-state index contributed by atoms with van der Waals surface area (Å²) in [5.41, 5.74) is 1.14. The van der Waals surface area contributed by atoms with E-state index in [1.165, 1.54) is 18.4 Å². The van der Waals surface area contributed by atoms with Gasteiger partial charge in [-0.25, -0.2) is 0 Å². The van der Waals surface area contributed by atoms with E-state index in [0.29, 0.717) is 0 Å². The summed E-state index contributed by atoms with van der Waals surface area (Å²) in [6.45, 7) is 5.55. The minimum absolute atomic E-state index is 0.0778. The van der Waals surface area contributed by atoms with Crippen molar-refractivity contribution in [3.05, 3.63) is 24.2 Å². The number of nitrogens with one attached hydrogen (secondary N) is 1. The summed E-state index contributed by atoms with van der Waals surface area (Å²) in [6, 6.07) is 2.30. The molecule has 0 bridgehead atoms. The third-order valence-corrected chi connectivity index (χ3v) is 4.53. The van der Waals surface area contributed by atoms with Gasteiger partial charge in [-0.1, -0.05) is 13.8 Å².